The molecule has 1 fully saturated rings. The summed E-state index contributed by atoms with van der Waals surface area (Å²) < 4.78 is 65.7. The number of nitrogens with one attached hydrogen (secondary N) is 1. The van der Waals surface area contributed by atoms with Crippen LogP contribution in [-0.2, 0) is 14.9 Å². The Morgan fingerprint density at radius 2 is 1.88 bits per heavy atom. The Labute approximate surface area is 189 Å². The van der Waals surface area contributed by atoms with Crippen LogP contribution in [0.4, 0.5) is 24.7 Å². The normalized spacial score (nSPS) is 23.1. The summed E-state index contributed by atoms with van der Waals surface area (Å²) in [7, 11) is -5.89. The maximum absolute atomic E-state index is 12.8. The third-order valence-corrected chi connectivity index (χ3v) is 6.87. The van der Waals surface area contributed by atoms with Crippen molar-refractivity contribution in [2.45, 2.75) is 51.2 Å². The van der Waals surface area contributed by atoms with Gasteiger partial charge in [0.2, 0.25) is 11.8 Å². The summed E-state index contributed by atoms with van der Waals surface area (Å²) >= 11 is 0. The molecule has 2 aliphatic rings. The summed E-state index contributed by atoms with van der Waals surface area (Å²) in [6.07, 6.45) is 1.92. The van der Waals surface area contributed by atoms with Crippen LogP contribution in [0.2, 0.25) is 0 Å². The molecule has 8 nitrogen and oxygen atoms in total. The molecule has 2 aromatic rings. The number of hydrogen-bond acceptors (Lipinski definition) is 7. The minimum absolute atomic E-state index is 0.148. The van der Waals surface area contributed by atoms with Crippen molar-refractivity contribution in [1.29, 1.82) is 0 Å². The molecular formula is C21H23F3N4O4S. The molecule has 33 heavy (non-hydrogen) atoms. The molecule has 1 unspecified atom stereocenters. The van der Waals surface area contributed by atoms with Crippen molar-refractivity contribution in [3.05, 3.63) is 41.7 Å². The Kier molecular flexibility index (Phi) is 5.75. The Morgan fingerprint density at radius 1 is 1.18 bits per heavy atom. The minimum atomic E-state index is -5.89. The first kappa shape index (κ1) is 23.3. The number of carbonyl (C=O) groups excluding carboxylic acids is 1. The molecule has 1 amide bonds. The Bertz CT molecular complexity index is 1180. The lowest BCUT2D eigenvalue weighted by Gasteiger charge is -2.45. The van der Waals surface area contributed by atoms with Gasteiger partial charge in [-0.15, -0.1) is 0 Å². The molecule has 0 spiro atoms. The molecule has 0 bridgehead atoms. The predicted octanol–water partition coefficient (Wildman–Crippen LogP) is 3.95. The van der Waals surface area contributed by atoms with Crippen LogP contribution in [0.15, 0.2) is 30.3 Å². The standard InChI is InChI=1S/C21H23F3N4O4S/c1-11-5-4-6-16(25-11)26-18-12(2)20(14-7-8-14)28(13(3)29)15-9-10-17(27-19(15)18)32-33(30,31)21(22,23)24/h4-6,9-10,12,14,18,20H,7-8H2,1-3H3,(H,25,26)/t12-,18-,20?/m1/s1. The molecule has 4 rings (SSSR count). The maximum atomic E-state index is 12.8. The Morgan fingerprint density at radius 3 is 2.45 bits per heavy atom. The number of hydrogen-bond donors (Lipinski definition) is 1. The number of rotatable bonds is 5. The molecule has 1 saturated carbocycles. The first-order valence-corrected chi connectivity index (χ1v) is 11.8. The first-order valence-electron chi connectivity index (χ1n) is 10.4. The van der Waals surface area contributed by atoms with E-state index in [0.29, 0.717) is 11.5 Å². The number of aromatic nitrogens is 2. The van der Waals surface area contributed by atoms with E-state index in [4.69, 9.17) is 0 Å². The van der Waals surface area contributed by atoms with Gasteiger partial charge < -0.3 is 14.4 Å². The molecule has 178 valence electrons. The minimum Gasteiger partial charge on any atom is -0.361 e. The van der Waals surface area contributed by atoms with E-state index < -0.39 is 27.5 Å². The Hall–Kier alpha value is -2.89. The average Bonchev–Trinajstić information content (AvgIpc) is 3.53. The Balaban J connectivity index is 1.81. The van der Waals surface area contributed by atoms with E-state index in [9.17, 15) is 26.4 Å². The van der Waals surface area contributed by atoms with Gasteiger partial charge in [0.15, 0.2) is 0 Å². The zero-order valence-corrected chi connectivity index (χ0v) is 18.9. The topological polar surface area (TPSA) is 101 Å². The van der Waals surface area contributed by atoms with Crippen LogP contribution >= 0.6 is 0 Å². The number of fused-ring (bicyclic) bond motifs is 1. The molecule has 3 atom stereocenters. The van der Waals surface area contributed by atoms with Crippen molar-refractivity contribution < 1.29 is 30.6 Å². The molecule has 1 N–H and O–H groups in total. The SMILES string of the molecule is CC(=O)N1c2ccc(OS(=O)(=O)C(F)(F)F)nc2[C@H](Nc2cccc(C)n2)[C@@H](C)C1C1CC1. The molecule has 3 heterocycles. The first-order chi connectivity index (χ1) is 15.4. The second-order valence-corrected chi connectivity index (χ2v) is 9.94. The van der Waals surface area contributed by atoms with Crippen molar-refractivity contribution in [2.24, 2.45) is 11.8 Å². The number of halogens is 3. The molecule has 0 saturated heterocycles. The van der Waals surface area contributed by atoms with Gasteiger partial charge in [-0.2, -0.15) is 21.6 Å². The quantitative estimate of drug-likeness (QED) is 0.507. The molecule has 0 radical (unpaired) electrons. The second kappa shape index (κ2) is 8.15. The highest BCUT2D eigenvalue weighted by Gasteiger charge is 2.50. The number of pyridine rings is 2. The van der Waals surface area contributed by atoms with Gasteiger partial charge in [-0.25, -0.2) is 9.97 Å². The monoisotopic (exact) mass is 484 g/mol. The summed E-state index contributed by atoms with van der Waals surface area (Å²) in [5, 5.41) is 3.28. The van der Waals surface area contributed by atoms with Gasteiger partial charge in [-0.1, -0.05) is 13.0 Å². The van der Waals surface area contributed by atoms with Crippen LogP contribution in [0, 0.1) is 18.8 Å². The zero-order valence-electron chi connectivity index (χ0n) is 18.1. The summed E-state index contributed by atoms with van der Waals surface area (Å²) in [6.45, 7) is 5.16. The number of alkyl halides is 3. The van der Waals surface area contributed by atoms with E-state index in [2.05, 4.69) is 19.5 Å². The largest absolute Gasteiger partial charge is 0.534 e. The van der Waals surface area contributed by atoms with Gasteiger partial charge in [0.05, 0.1) is 17.4 Å². The molecule has 1 aliphatic carbocycles. The van der Waals surface area contributed by atoms with Crippen LogP contribution in [0.5, 0.6) is 5.88 Å². The van der Waals surface area contributed by atoms with E-state index in [-0.39, 0.29) is 29.5 Å². The van der Waals surface area contributed by atoms with Crippen LogP contribution in [0.1, 0.15) is 44.1 Å². The van der Waals surface area contributed by atoms with Gasteiger partial charge in [-0.3, -0.25) is 4.79 Å². The van der Waals surface area contributed by atoms with E-state index >= 15 is 0 Å². The lowest BCUT2D eigenvalue weighted by Crippen LogP contribution is -2.51. The predicted molar refractivity (Wildman–Crippen MR) is 114 cm³/mol. The summed E-state index contributed by atoms with van der Waals surface area (Å²) in [5.74, 6) is -0.340. The van der Waals surface area contributed by atoms with Gasteiger partial charge >= 0.3 is 15.6 Å². The third-order valence-electron chi connectivity index (χ3n) is 5.91. The van der Waals surface area contributed by atoms with Crippen LogP contribution < -0.4 is 14.4 Å². The van der Waals surface area contributed by atoms with Crippen molar-refractivity contribution in [2.75, 3.05) is 10.2 Å². The second-order valence-electron chi connectivity index (χ2n) is 8.40. The maximum Gasteiger partial charge on any atom is 0.534 e. The van der Waals surface area contributed by atoms with Gasteiger partial charge in [-0.05, 0) is 43.9 Å². The van der Waals surface area contributed by atoms with Crippen LogP contribution in [0.3, 0.4) is 0 Å². The number of aryl methyl sites for hydroxylation is 1. The summed E-state index contributed by atoms with van der Waals surface area (Å²) in [6, 6.07) is 7.09. The summed E-state index contributed by atoms with van der Waals surface area (Å²) in [5.41, 5.74) is -4.22. The fourth-order valence-corrected chi connectivity index (χ4v) is 4.78. The van der Waals surface area contributed by atoms with E-state index in [1.165, 1.54) is 13.0 Å². The zero-order chi connectivity index (χ0) is 24.1. The summed E-state index contributed by atoms with van der Waals surface area (Å²) in [4.78, 5) is 22.8. The van der Waals surface area contributed by atoms with Gasteiger partial charge in [0, 0.05) is 30.6 Å². The number of anilines is 2. The smallest absolute Gasteiger partial charge is 0.361 e. The van der Waals surface area contributed by atoms with Gasteiger partial charge in [0.1, 0.15) is 5.82 Å². The number of nitrogens with zero attached hydrogens (tertiary/aromatic N) is 3. The average molecular weight is 485 g/mol. The highest BCUT2D eigenvalue weighted by molar-refractivity contribution is 7.87. The van der Waals surface area contributed by atoms with Crippen LogP contribution in [-0.4, -0.2) is 35.8 Å². The number of amides is 1. The molecule has 2 aromatic heterocycles. The molecular weight excluding hydrogens is 461 g/mol. The third kappa shape index (κ3) is 4.48. The highest BCUT2D eigenvalue weighted by Crippen LogP contribution is 2.49. The molecule has 1 aliphatic heterocycles. The van der Waals surface area contributed by atoms with Crippen LogP contribution in [0.25, 0.3) is 0 Å². The van der Waals surface area contributed by atoms with Crippen molar-refractivity contribution in [3.63, 3.8) is 0 Å². The van der Waals surface area contributed by atoms with Crippen molar-refractivity contribution >= 4 is 27.5 Å². The molecule has 12 heteroatoms. The fraction of sp³-hybridized carbons (Fsp3) is 0.476. The van der Waals surface area contributed by atoms with Crippen molar-refractivity contribution in [3.8, 4) is 5.88 Å². The lowest BCUT2D eigenvalue weighted by atomic mass is 9.82. The number of carbonyl (C=O) groups is 1. The van der Waals surface area contributed by atoms with E-state index in [1.54, 1.807) is 11.0 Å². The highest BCUT2D eigenvalue weighted by atomic mass is 32.2. The lowest BCUT2D eigenvalue weighted by molar-refractivity contribution is -0.117. The van der Waals surface area contributed by atoms with E-state index in [0.717, 1.165) is 24.6 Å². The van der Waals surface area contributed by atoms with Gasteiger partial charge in [0.25, 0.3) is 0 Å². The van der Waals surface area contributed by atoms with E-state index in [1.807, 2.05) is 26.0 Å². The van der Waals surface area contributed by atoms with Crippen molar-refractivity contribution in [1.82, 2.24) is 9.97 Å². The molecule has 0 aromatic carbocycles. The fourth-order valence-electron chi connectivity index (χ4n) is 4.37.